The third-order valence-electron chi connectivity index (χ3n) is 2.62. The number of halogens is 2. The maximum Gasteiger partial charge on any atom is 0.261 e. The second-order valence-electron chi connectivity index (χ2n) is 3.70. The Morgan fingerprint density at radius 2 is 2.23 bits per heavy atom. The van der Waals surface area contributed by atoms with E-state index in [0.717, 1.165) is 19.4 Å². The topological polar surface area (TPSA) is 12.5 Å². The van der Waals surface area contributed by atoms with Gasteiger partial charge < -0.3 is 9.64 Å². The van der Waals surface area contributed by atoms with Gasteiger partial charge in [0.25, 0.3) is 6.43 Å². The molecule has 0 amide bonds. The maximum atomic E-state index is 11.8. The molecular formula is C9H17F2NO. The first kappa shape index (κ1) is 10.9. The average molecular weight is 193 g/mol. The minimum Gasteiger partial charge on any atom is -0.372 e. The van der Waals surface area contributed by atoms with Crippen molar-refractivity contribution in [2.75, 3.05) is 20.2 Å². The lowest BCUT2D eigenvalue weighted by Gasteiger charge is -2.34. The smallest absolute Gasteiger partial charge is 0.261 e. The van der Waals surface area contributed by atoms with E-state index in [1.807, 2.05) is 7.05 Å². The van der Waals surface area contributed by atoms with Crippen LogP contribution < -0.4 is 0 Å². The monoisotopic (exact) mass is 193 g/mol. The molecule has 13 heavy (non-hydrogen) atoms. The van der Waals surface area contributed by atoms with Crippen LogP contribution in [0.2, 0.25) is 0 Å². The summed E-state index contributed by atoms with van der Waals surface area (Å²) in [4.78, 5) is 2.22. The van der Waals surface area contributed by atoms with Crippen LogP contribution in [0.3, 0.4) is 0 Å². The fourth-order valence-corrected chi connectivity index (χ4v) is 1.61. The molecule has 2 atom stereocenters. The second kappa shape index (κ2) is 4.86. The zero-order valence-electron chi connectivity index (χ0n) is 8.17. The van der Waals surface area contributed by atoms with Gasteiger partial charge in [0.15, 0.2) is 0 Å². The van der Waals surface area contributed by atoms with E-state index in [-0.39, 0.29) is 6.10 Å². The lowest BCUT2D eigenvalue weighted by atomic mass is 10.0. The fraction of sp³-hybridized carbons (Fsp3) is 1.00. The Hall–Kier alpha value is -0.220. The van der Waals surface area contributed by atoms with Crippen LogP contribution in [0.1, 0.15) is 19.8 Å². The van der Waals surface area contributed by atoms with Crippen LogP contribution >= 0.6 is 0 Å². The fourth-order valence-electron chi connectivity index (χ4n) is 1.61. The van der Waals surface area contributed by atoms with Gasteiger partial charge in [-0.3, -0.25) is 0 Å². The number of rotatable bonds is 3. The van der Waals surface area contributed by atoms with Gasteiger partial charge in [0.1, 0.15) is 6.61 Å². The predicted molar refractivity (Wildman–Crippen MR) is 47.1 cm³/mol. The summed E-state index contributed by atoms with van der Waals surface area (Å²) in [7, 11) is 2.05. The average Bonchev–Trinajstić information content (AvgIpc) is 2.07. The molecule has 0 aromatic heterocycles. The van der Waals surface area contributed by atoms with Crippen molar-refractivity contribution in [2.24, 2.45) is 0 Å². The van der Waals surface area contributed by atoms with E-state index in [0.29, 0.717) is 6.04 Å². The lowest BCUT2D eigenvalue weighted by Crippen LogP contribution is -2.41. The van der Waals surface area contributed by atoms with Gasteiger partial charge in [-0.05, 0) is 26.8 Å². The Kier molecular flexibility index (Phi) is 4.06. The third-order valence-corrected chi connectivity index (χ3v) is 2.62. The van der Waals surface area contributed by atoms with Crippen LogP contribution in [0.4, 0.5) is 8.78 Å². The number of alkyl halides is 2. The van der Waals surface area contributed by atoms with Crippen molar-refractivity contribution in [3.05, 3.63) is 0 Å². The molecule has 4 heteroatoms. The Balaban J connectivity index is 2.21. The number of nitrogens with zero attached hydrogens (tertiary/aromatic N) is 1. The minimum atomic E-state index is -2.34. The summed E-state index contributed by atoms with van der Waals surface area (Å²) in [5, 5.41) is 0. The van der Waals surface area contributed by atoms with Gasteiger partial charge in [-0.25, -0.2) is 8.78 Å². The minimum absolute atomic E-state index is 0.0280. The van der Waals surface area contributed by atoms with Gasteiger partial charge in [0.05, 0.1) is 6.10 Å². The number of likely N-dealkylation sites (tertiary alicyclic amines) is 1. The summed E-state index contributed by atoms with van der Waals surface area (Å²) >= 11 is 0. The number of ether oxygens (including phenoxy) is 1. The lowest BCUT2D eigenvalue weighted by molar-refractivity contribution is -0.0529. The molecule has 1 fully saturated rings. The van der Waals surface area contributed by atoms with Crippen molar-refractivity contribution in [2.45, 2.75) is 38.3 Å². The van der Waals surface area contributed by atoms with Crippen LogP contribution in [0.5, 0.6) is 0 Å². The molecule has 0 aliphatic carbocycles. The van der Waals surface area contributed by atoms with Gasteiger partial charge >= 0.3 is 0 Å². The van der Waals surface area contributed by atoms with E-state index in [2.05, 4.69) is 11.8 Å². The molecule has 1 aliphatic heterocycles. The quantitative estimate of drug-likeness (QED) is 0.677. The Bertz CT molecular complexity index is 155. The van der Waals surface area contributed by atoms with E-state index >= 15 is 0 Å². The molecule has 0 spiro atoms. The van der Waals surface area contributed by atoms with E-state index in [1.165, 1.54) is 0 Å². The Labute approximate surface area is 77.9 Å². The molecule has 0 N–H and O–H groups in total. The SMILES string of the molecule is C[C@@H]1CC(OCC(F)F)CCN1C. The van der Waals surface area contributed by atoms with Crippen LogP contribution in [-0.2, 0) is 4.74 Å². The van der Waals surface area contributed by atoms with Gasteiger partial charge in [-0.15, -0.1) is 0 Å². The zero-order valence-corrected chi connectivity index (χ0v) is 8.17. The molecule has 1 unspecified atom stereocenters. The predicted octanol–water partition coefficient (Wildman–Crippen LogP) is 1.75. The van der Waals surface area contributed by atoms with Crippen LogP contribution in [0.25, 0.3) is 0 Å². The first-order valence-corrected chi connectivity index (χ1v) is 4.69. The van der Waals surface area contributed by atoms with Crippen molar-refractivity contribution in [3.8, 4) is 0 Å². The maximum absolute atomic E-state index is 11.8. The van der Waals surface area contributed by atoms with Crippen molar-refractivity contribution < 1.29 is 13.5 Å². The van der Waals surface area contributed by atoms with E-state index in [4.69, 9.17) is 4.74 Å². The van der Waals surface area contributed by atoms with E-state index in [1.54, 1.807) is 0 Å². The first-order valence-electron chi connectivity index (χ1n) is 4.69. The van der Waals surface area contributed by atoms with Crippen LogP contribution in [-0.4, -0.2) is 43.7 Å². The van der Waals surface area contributed by atoms with Gasteiger partial charge in [0.2, 0.25) is 0 Å². The summed E-state index contributed by atoms with van der Waals surface area (Å²) in [5.74, 6) is 0. The molecule has 0 saturated carbocycles. The number of piperidine rings is 1. The highest BCUT2D eigenvalue weighted by Gasteiger charge is 2.23. The highest BCUT2D eigenvalue weighted by molar-refractivity contribution is 4.76. The molecule has 1 heterocycles. The Morgan fingerprint density at radius 1 is 1.54 bits per heavy atom. The first-order chi connectivity index (χ1) is 6.09. The van der Waals surface area contributed by atoms with Gasteiger partial charge in [0, 0.05) is 12.6 Å². The van der Waals surface area contributed by atoms with Crippen molar-refractivity contribution in [1.29, 1.82) is 0 Å². The largest absolute Gasteiger partial charge is 0.372 e. The van der Waals surface area contributed by atoms with Crippen LogP contribution in [0, 0.1) is 0 Å². The second-order valence-corrected chi connectivity index (χ2v) is 3.70. The molecule has 1 rings (SSSR count). The molecule has 1 saturated heterocycles. The highest BCUT2D eigenvalue weighted by atomic mass is 19.3. The van der Waals surface area contributed by atoms with Gasteiger partial charge in [-0.2, -0.15) is 0 Å². The molecule has 78 valence electrons. The number of hydrogen-bond acceptors (Lipinski definition) is 2. The van der Waals surface area contributed by atoms with E-state index < -0.39 is 13.0 Å². The molecule has 0 radical (unpaired) electrons. The molecule has 0 aromatic rings. The normalized spacial score (nSPS) is 31.2. The number of hydrogen-bond donors (Lipinski definition) is 0. The highest BCUT2D eigenvalue weighted by Crippen LogP contribution is 2.18. The van der Waals surface area contributed by atoms with E-state index in [9.17, 15) is 8.78 Å². The summed E-state index contributed by atoms with van der Waals surface area (Å²) in [6.07, 6.45) is -0.577. The van der Waals surface area contributed by atoms with Crippen molar-refractivity contribution in [3.63, 3.8) is 0 Å². The zero-order chi connectivity index (χ0) is 9.84. The summed E-state index contributed by atoms with van der Waals surface area (Å²) in [5.41, 5.74) is 0. The molecular weight excluding hydrogens is 176 g/mol. The van der Waals surface area contributed by atoms with Crippen molar-refractivity contribution in [1.82, 2.24) is 4.90 Å². The Morgan fingerprint density at radius 3 is 2.77 bits per heavy atom. The van der Waals surface area contributed by atoms with Crippen molar-refractivity contribution >= 4 is 0 Å². The molecule has 0 bridgehead atoms. The standard InChI is InChI=1S/C9H17F2NO/c1-7-5-8(3-4-12(7)2)13-6-9(10)11/h7-9H,3-6H2,1-2H3/t7-,8?/m1/s1. The van der Waals surface area contributed by atoms with Crippen LogP contribution in [0.15, 0.2) is 0 Å². The molecule has 2 nitrogen and oxygen atoms in total. The van der Waals surface area contributed by atoms with Gasteiger partial charge in [-0.1, -0.05) is 0 Å². The summed E-state index contributed by atoms with van der Waals surface area (Å²) < 4.78 is 28.7. The molecule has 1 aliphatic rings. The third kappa shape index (κ3) is 3.56. The summed E-state index contributed by atoms with van der Waals surface area (Å²) in [6.45, 7) is 2.62. The summed E-state index contributed by atoms with van der Waals surface area (Å²) in [6, 6.07) is 0.441. The molecule has 0 aromatic carbocycles.